The fourth-order valence-corrected chi connectivity index (χ4v) is 0.656. The molecule has 1 heteroatoms. The molecule has 0 amide bonds. The molecule has 0 aliphatic rings. The van der Waals surface area contributed by atoms with Crippen molar-refractivity contribution in [2.24, 2.45) is 0 Å². The SMILES string of the molecule is C/C=C(\C)c1ccoc1. The van der Waals surface area contributed by atoms with Gasteiger partial charge in [-0.2, -0.15) is 0 Å². The first-order chi connectivity index (χ1) is 4.34. The van der Waals surface area contributed by atoms with E-state index in [-0.39, 0.29) is 0 Å². The van der Waals surface area contributed by atoms with Gasteiger partial charge in [-0.05, 0) is 25.5 Å². The van der Waals surface area contributed by atoms with Crippen LogP contribution in [-0.2, 0) is 0 Å². The summed E-state index contributed by atoms with van der Waals surface area (Å²) in [6.45, 7) is 4.08. The van der Waals surface area contributed by atoms with Crippen LogP contribution in [0.25, 0.3) is 5.57 Å². The Balaban J connectivity index is 2.90. The van der Waals surface area contributed by atoms with Gasteiger partial charge in [-0.3, -0.25) is 0 Å². The zero-order chi connectivity index (χ0) is 6.69. The van der Waals surface area contributed by atoms with Crippen molar-refractivity contribution in [3.8, 4) is 0 Å². The summed E-state index contributed by atoms with van der Waals surface area (Å²) in [5, 5.41) is 0. The van der Waals surface area contributed by atoms with Crippen molar-refractivity contribution < 1.29 is 4.42 Å². The minimum absolute atomic E-state index is 1.16. The van der Waals surface area contributed by atoms with Crippen LogP contribution >= 0.6 is 0 Å². The fourth-order valence-electron chi connectivity index (χ4n) is 0.656. The van der Waals surface area contributed by atoms with Crippen molar-refractivity contribution in [1.82, 2.24) is 0 Å². The van der Waals surface area contributed by atoms with Gasteiger partial charge in [-0.25, -0.2) is 0 Å². The molecule has 0 radical (unpaired) electrons. The molecule has 1 aromatic heterocycles. The lowest BCUT2D eigenvalue weighted by atomic mass is 10.2. The third kappa shape index (κ3) is 1.22. The van der Waals surface area contributed by atoms with Crippen LogP contribution in [0.3, 0.4) is 0 Å². The van der Waals surface area contributed by atoms with E-state index in [9.17, 15) is 0 Å². The molecule has 0 spiro atoms. The van der Waals surface area contributed by atoms with E-state index in [0.717, 1.165) is 5.56 Å². The molecular weight excluding hydrogens is 112 g/mol. The van der Waals surface area contributed by atoms with Crippen LogP contribution in [0.2, 0.25) is 0 Å². The summed E-state index contributed by atoms with van der Waals surface area (Å²) in [5.74, 6) is 0. The van der Waals surface area contributed by atoms with Gasteiger partial charge in [0.1, 0.15) is 0 Å². The van der Waals surface area contributed by atoms with E-state index in [1.807, 2.05) is 13.0 Å². The van der Waals surface area contributed by atoms with Gasteiger partial charge in [0.05, 0.1) is 12.5 Å². The topological polar surface area (TPSA) is 13.1 Å². The van der Waals surface area contributed by atoms with Crippen LogP contribution in [0.1, 0.15) is 19.4 Å². The zero-order valence-corrected chi connectivity index (χ0v) is 5.72. The van der Waals surface area contributed by atoms with Crippen molar-refractivity contribution in [3.63, 3.8) is 0 Å². The number of hydrogen-bond donors (Lipinski definition) is 0. The van der Waals surface area contributed by atoms with Gasteiger partial charge in [0.15, 0.2) is 0 Å². The Labute approximate surface area is 55.0 Å². The molecule has 9 heavy (non-hydrogen) atoms. The second-order valence-electron chi connectivity index (χ2n) is 1.98. The van der Waals surface area contributed by atoms with Gasteiger partial charge < -0.3 is 4.42 Å². The Kier molecular flexibility index (Phi) is 1.73. The van der Waals surface area contributed by atoms with E-state index >= 15 is 0 Å². The molecule has 1 rings (SSSR count). The molecule has 1 nitrogen and oxygen atoms in total. The third-order valence-electron chi connectivity index (χ3n) is 1.41. The summed E-state index contributed by atoms with van der Waals surface area (Å²) in [7, 11) is 0. The number of hydrogen-bond acceptors (Lipinski definition) is 1. The van der Waals surface area contributed by atoms with Gasteiger partial charge >= 0.3 is 0 Å². The lowest BCUT2D eigenvalue weighted by Gasteiger charge is -1.89. The van der Waals surface area contributed by atoms with E-state index in [1.54, 1.807) is 12.5 Å². The molecule has 0 unspecified atom stereocenters. The number of allylic oxidation sites excluding steroid dienone is 2. The molecule has 1 aromatic rings. The van der Waals surface area contributed by atoms with Gasteiger partial charge in [-0.1, -0.05) is 6.08 Å². The first kappa shape index (κ1) is 6.14. The summed E-state index contributed by atoms with van der Waals surface area (Å²) in [5.41, 5.74) is 2.42. The highest BCUT2D eigenvalue weighted by Gasteiger charge is 1.92. The van der Waals surface area contributed by atoms with E-state index in [4.69, 9.17) is 4.42 Å². The highest BCUT2D eigenvalue weighted by Crippen LogP contribution is 2.12. The second-order valence-corrected chi connectivity index (χ2v) is 1.98. The molecule has 48 valence electrons. The molecule has 0 N–H and O–H groups in total. The van der Waals surface area contributed by atoms with Crippen molar-refractivity contribution in [2.45, 2.75) is 13.8 Å². The Bertz CT molecular complexity index is 194. The second kappa shape index (κ2) is 2.53. The van der Waals surface area contributed by atoms with Crippen LogP contribution in [0.4, 0.5) is 0 Å². The zero-order valence-electron chi connectivity index (χ0n) is 5.72. The third-order valence-corrected chi connectivity index (χ3v) is 1.41. The lowest BCUT2D eigenvalue weighted by molar-refractivity contribution is 0.566. The summed E-state index contributed by atoms with van der Waals surface area (Å²) >= 11 is 0. The van der Waals surface area contributed by atoms with E-state index in [2.05, 4.69) is 13.0 Å². The minimum atomic E-state index is 1.16. The van der Waals surface area contributed by atoms with Crippen LogP contribution in [-0.4, -0.2) is 0 Å². The Morgan fingerprint density at radius 2 is 2.44 bits per heavy atom. The molecule has 0 aliphatic heterocycles. The van der Waals surface area contributed by atoms with Gasteiger partial charge in [-0.15, -0.1) is 0 Å². The van der Waals surface area contributed by atoms with Gasteiger partial charge in [0.25, 0.3) is 0 Å². The van der Waals surface area contributed by atoms with Crippen LogP contribution in [0.15, 0.2) is 29.1 Å². The molecule has 0 bridgehead atoms. The molecule has 1 heterocycles. The smallest absolute Gasteiger partial charge is 0.0977 e. The van der Waals surface area contributed by atoms with E-state index < -0.39 is 0 Å². The first-order valence-electron chi connectivity index (χ1n) is 3.00. The van der Waals surface area contributed by atoms with E-state index in [0.29, 0.717) is 0 Å². The molecule has 0 aliphatic carbocycles. The highest BCUT2D eigenvalue weighted by atomic mass is 16.3. The largest absolute Gasteiger partial charge is 0.472 e. The maximum Gasteiger partial charge on any atom is 0.0977 e. The molecule has 0 saturated heterocycles. The highest BCUT2D eigenvalue weighted by molar-refractivity contribution is 5.61. The predicted octanol–water partition coefficient (Wildman–Crippen LogP) is 2.70. The van der Waals surface area contributed by atoms with Crippen LogP contribution in [0.5, 0.6) is 0 Å². The van der Waals surface area contributed by atoms with Crippen molar-refractivity contribution >= 4 is 5.57 Å². The van der Waals surface area contributed by atoms with Crippen LogP contribution in [0, 0.1) is 0 Å². The fraction of sp³-hybridized carbons (Fsp3) is 0.250. The van der Waals surface area contributed by atoms with Gasteiger partial charge in [0.2, 0.25) is 0 Å². The predicted molar refractivity (Wildman–Crippen MR) is 38.0 cm³/mol. The molecule has 0 saturated carbocycles. The van der Waals surface area contributed by atoms with Crippen LogP contribution < -0.4 is 0 Å². The maximum atomic E-state index is 4.90. The molecule has 0 atom stereocenters. The summed E-state index contributed by atoms with van der Waals surface area (Å²) in [4.78, 5) is 0. The van der Waals surface area contributed by atoms with Crippen molar-refractivity contribution in [2.75, 3.05) is 0 Å². The molecule has 0 aromatic carbocycles. The average Bonchev–Trinajstić information content (AvgIpc) is 2.37. The molecule has 0 fully saturated rings. The average molecular weight is 122 g/mol. The Hall–Kier alpha value is -0.980. The number of rotatable bonds is 1. The summed E-state index contributed by atoms with van der Waals surface area (Å²) in [6, 6.07) is 1.95. The quantitative estimate of drug-likeness (QED) is 0.558. The van der Waals surface area contributed by atoms with Crippen molar-refractivity contribution in [1.29, 1.82) is 0 Å². The molecular formula is C8H10O. The summed E-state index contributed by atoms with van der Waals surface area (Å²) in [6.07, 6.45) is 5.49. The van der Waals surface area contributed by atoms with E-state index in [1.165, 1.54) is 5.57 Å². The standard InChI is InChI=1S/C8H10O/c1-3-7(2)8-4-5-9-6-8/h3-6H,1-2H3/b7-3+. The maximum absolute atomic E-state index is 4.90. The summed E-state index contributed by atoms with van der Waals surface area (Å²) < 4.78 is 4.90. The first-order valence-corrected chi connectivity index (χ1v) is 3.00. The monoisotopic (exact) mass is 122 g/mol. The van der Waals surface area contributed by atoms with Gasteiger partial charge in [0, 0.05) is 5.56 Å². The van der Waals surface area contributed by atoms with Crippen molar-refractivity contribution in [3.05, 3.63) is 30.2 Å². The minimum Gasteiger partial charge on any atom is -0.472 e. The normalized spacial score (nSPS) is 12.0. The Morgan fingerprint density at radius 3 is 2.89 bits per heavy atom. The number of furan rings is 1. The Morgan fingerprint density at radius 1 is 1.67 bits per heavy atom. The lowest BCUT2D eigenvalue weighted by Crippen LogP contribution is -1.68.